The fourth-order valence-electron chi connectivity index (χ4n) is 3.47. The number of guanidine groups is 1. The van der Waals surface area contributed by atoms with E-state index in [4.69, 9.17) is 4.74 Å². The Morgan fingerprint density at radius 1 is 1.23 bits per heavy atom. The second kappa shape index (κ2) is 9.24. The van der Waals surface area contributed by atoms with Gasteiger partial charge in [0.05, 0.1) is 19.8 Å². The number of aliphatic hydroxyl groups is 1. The van der Waals surface area contributed by atoms with Crippen LogP contribution >= 0.6 is 0 Å². The van der Waals surface area contributed by atoms with Crippen molar-refractivity contribution in [2.75, 3.05) is 33.3 Å². The van der Waals surface area contributed by atoms with Gasteiger partial charge in [-0.3, -0.25) is 4.99 Å². The van der Waals surface area contributed by atoms with E-state index in [-0.39, 0.29) is 0 Å². The summed E-state index contributed by atoms with van der Waals surface area (Å²) in [4.78, 5) is 7.21. The van der Waals surface area contributed by atoms with Crippen LogP contribution in [0, 0.1) is 0 Å². The van der Waals surface area contributed by atoms with Gasteiger partial charge in [0.15, 0.2) is 5.96 Å². The molecule has 1 aliphatic carbocycles. The molecule has 1 unspecified atom stereocenters. The van der Waals surface area contributed by atoms with Crippen molar-refractivity contribution in [3.63, 3.8) is 0 Å². The minimum Gasteiger partial charge on any atom is -0.497 e. The van der Waals surface area contributed by atoms with Gasteiger partial charge in [-0.1, -0.05) is 12.1 Å². The van der Waals surface area contributed by atoms with Crippen molar-refractivity contribution in [3.05, 3.63) is 29.8 Å². The van der Waals surface area contributed by atoms with Gasteiger partial charge in [-0.2, -0.15) is 0 Å². The van der Waals surface area contributed by atoms with E-state index in [0.29, 0.717) is 12.6 Å². The van der Waals surface area contributed by atoms with Crippen molar-refractivity contribution in [1.82, 2.24) is 15.5 Å². The van der Waals surface area contributed by atoms with Crippen molar-refractivity contribution < 1.29 is 9.84 Å². The molecule has 0 aromatic heterocycles. The Kier molecular flexibility index (Phi) is 6.74. The van der Waals surface area contributed by atoms with E-state index in [2.05, 4.69) is 27.4 Å². The second-order valence-electron chi connectivity index (χ2n) is 7.19. The molecule has 6 nitrogen and oxygen atoms in total. The maximum atomic E-state index is 10.4. The van der Waals surface area contributed by atoms with Crippen LogP contribution in [0.5, 0.6) is 5.75 Å². The molecule has 2 aliphatic rings. The van der Waals surface area contributed by atoms with Gasteiger partial charge >= 0.3 is 0 Å². The van der Waals surface area contributed by atoms with Gasteiger partial charge < -0.3 is 25.4 Å². The lowest BCUT2D eigenvalue weighted by Crippen LogP contribution is -2.49. The average molecular weight is 361 g/mol. The van der Waals surface area contributed by atoms with Crippen molar-refractivity contribution in [2.24, 2.45) is 4.99 Å². The molecule has 1 saturated heterocycles. The Bertz CT molecular complexity index is 578. The molecular formula is C20H32N4O2. The number of ether oxygens (including phenoxy) is 1. The number of hydrogen-bond acceptors (Lipinski definition) is 4. The molecule has 1 aromatic rings. The Labute approximate surface area is 156 Å². The molecule has 0 radical (unpaired) electrons. The zero-order valence-electron chi connectivity index (χ0n) is 15.9. The molecule has 1 heterocycles. The number of nitrogens with zero attached hydrogens (tertiary/aromatic N) is 2. The third-order valence-electron chi connectivity index (χ3n) is 5.20. The summed E-state index contributed by atoms with van der Waals surface area (Å²) in [5.41, 5.74) is 0.850. The molecule has 1 saturated carbocycles. The summed E-state index contributed by atoms with van der Waals surface area (Å²) in [7, 11) is 1.64. The predicted molar refractivity (Wildman–Crippen MR) is 105 cm³/mol. The van der Waals surface area contributed by atoms with Crippen LogP contribution in [0.25, 0.3) is 0 Å². The predicted octanol–water partition coefficient (Wildman–Crippen LogP) is 1.91. The third-order valence-corrected chi connectivity index (χ3v) is 5.20. The Morgan fingerprint density at radius 3 is 2.50 bits per heavy atom. The van der Waals surface area contributed by atoms with E-state index in [1.807, 2.05) is 24.3 Å². The number of likely N-dealkylation sites (tertiary alicyclic amines) is 1. The molecule has 0 bridgehead atoms. The molecule has 1 aromatic carbocycles. The molecular weight excluding hydrogens is 328 g/mol. The molecule has 1 atom stereocenters. The van der Waals surface area contributed by atoms with Crippen LogP contribution in [0.1, 0.15) is 44.3 Å². The van der Waals surface area contributed by atoms with Crippen molar-refractivity contribution in [3.8, 4) is 5.75 Å². The zero-order valence-corrected chi connectivity index (χ0v) is 15.9. The minimum absolute atomic E-state index is 0.336. The summed E-state index contributed by atoms with van der Waals surface area (Å²) in [6, 6.07) is 8.80. The summed E-state index contributed by atoms with van der Waals surface area (Å²) in [5, 5.41) is 17.2. The number of nitrogens with one attached hydrogen (secondary N) is 2. The molecule has 3 rings (SSSR count). The molecule has 26 heavy (non-hydrogen) atoms. The van der Waals surface area contributed by atoms with Crippen LogP contribution in [0.4, 0.5) is 0 Å². The minimum atomic E-state index is -0.618. The summed E-state index contributed by atoms with van der Waals surface area (Å²) in [5.74, 6) is 1.59. The molecule has 1 aliphatic heterocycles. The van der Waals surface area contributed by atoms with Crippen LogP contribution in [0.3, 0.4) is 0 Å². The van der Waals surface area contributed by atoms with Crippen LogP contribution in [-0.2, 0) is 0 Å². The highest BCUT2D eigenvalue weighted by Gasteiger charge is 2.31. The van der Waals surface area contributed by atoms with Gasteiger partial charge in [0.25, 0.3) is 0 Å². The van der Waals surface area contributed by atoms with Crippen molar-refractivity contribution in [2.45, 2.75) is 50.8 Å². The van der Waals surface area contributed by atoms with Crippen LogP contribution in [0.2, 0.25) is 0 Å². The molecule has 2 fully saturated rings. The van der Waals surface area contributed by atoms with E-state index < -0.39 is 6.10 Å². The van der Waals surface area contributed by atoms with Crippen LogP contribution in [-0.4, -0.2) is 61.3 Å². The topological polar surface area (TPSA) is 69.1 Å². The first-order chi connectivity index (χ1) is 12.7. The van der Waals surface area contributed by atoms with Crippen LogP contribution < -0.4 is 15.4 Å². The van der Waals surface area contributed by atoms with Gasteiger partial charge in [-0.25, -0.2) is 0 Å². The first-order valence-electron chi connectivity index (χ1n) is 9.80. The Morgan fingerprint density at radius 2 is 1.92 bits per heavy atom. The van der Waals surface area contributed by atoms with E-state index in [9.17, 15) is 5.11 Å². The lowest BCUT2D eigenvalue weighted by molar-refractivity contribution is 0.186. The highest BCUT2D eigenvalue weighted by Crippen LogP contribution is 2.29. The Balaban J connectivity index is 1.50. The normalized spacial score (nSPS) is 20.7. The maximum absolute atomic E-state index is 10.4. The SMILES string of the molecule is CCNC(=NCC(O)c1ccc(OC)cc1)NC1CCN(C2CC2)CC1. The standard InChI is InChI=1S/C20H32N4O2/c1-3-21-20(23-16-10-12-24(13-11-16)17-6-7-17)22-14-19(25)15-4-8-18(26-2)9-5-15/h4-5,8-9,16-17,19,25H,3,6-7,10-14H2,1-2H3,(H2,21,22,23). The van der Waals surface area contributed by atoms with Gasteiger partial charge in [0.2, 0.25) is 0 Å². The van der Waals surface area contributed by atoms with Gasteiger partial charge in [0, 0.05) is 31.7 Å². The van der Waals surface area contributed by atoms with Crippen molar-refractivity contribution >= 4 is 5.96 Å². The molecule has 0 spiro atoms. The number of piperidine rings is 1. The number of rotatable bonds is 7. The third kappa shape index (κ3) is 5.35. The fraction of sp³-hybridized carbons (Fsp3) is 0.650. The summed E-state index contributed by atoms with van der Waals surface area (Å²) >= 11 is 0. The number of hydrogen-bond donors (Lipinski definition) is 3. The van der Waals surface area contributed by atoms with Gasteiger partial charge in [0.1, 0.15) is 5.75 Å². The fourth-order valence-corrected chi connectivity index (χ4v) is 3.47. The smallest absolute Gasteiger partial charge is 0.191 e. The van der Waals surface area contributed by atoms with Gasteiger partial charge in [-0.15, -0.1) is 0 Å². The number of aliphatic hydroxyl groups excluding tert-OH is 1. The van der Waals surface area contributed by atoms with E-state index in [0.717, 1.165) is 42.7 Å². The lowest BCUT2D eigenvalue weighted by Gasteiger charge is -2.33. The summed E-state index contributed by atoms with van der Waals surface area (Å²) < 4.78 is 5.16. The highest BCUT2D eigenvalue weighted by molar-refractivity contribution is 5.80. The highest BCUT2D eigenvalue weighted by atomic mass is 16.5. The monoisotopic (exact) mass is 360 g/mol. The summed E-state index contributed by atoms with van der Waals surface area (Å²) in [6.07, 6.45) is 4.45. The van der Waals surface area contributed by atoms with E-state index >= 15 is 0 Å². The zero-order chi connectivity index (χ0) is 18.4. The molecule has 0 amide bonds. The van der Waals surface area contributed by atoms with Crippen LogP contribution in [0.15, 0.2) is 29.3 Å². The Hall–Kier alpha value is -1.79. The number of benzene rings is 1. The van der Waals surface area contributed by atoms with E-state index in [1.54, 1.807) is 7.11 Å². The van der Waals surface area contributed by atoms with E-state index in [1.165, 1.54) is 25.9 Å². The first kappa shape index (κ1) is 19.0. The molecule has 144 valence electrons. The largest absolute Gasteiger partial charge is 0.497 e. The van der Waals surface area contributed by atoms with Gasteiger partial charge in [-0.05, 0) is 50.3 Å². The number of methoxy groups -OCH3 is 1. The molecule has 3 N–H and O–H groups in total. The quantitative estimate of drug-likeness (QED) is 0.512. The van der Waals surface area contributed by atoms with Crippen molar-refractivity contribution in [1.29, 1.82) is 0 Å². The lowest BCUT2D eigenvalue weighted by atomic mass is 10.1. The average Bonchev–Trinajstić information content (AvgIpc) is 3.52. The maximum Gasteiger partial charge on any atom is 0.191 e. The second-order valence-corrected chi connectivity index (χ2v) is 7.19. The number of aliphatic imine (C=N–C) groups is 1. The first-order valence-corrected chi connectivity index (χ1v) is 9.80. The summed E-state index contributed by atoms with van der Waals surface area (Å²) in [6.45, 7) is 5.56. The molecule has 6 heteroatoms.